The van der Waals surface area contributed by atoms with E-state index in [2.05, 4.69) is 5.32 Å². The van der Waals surface area contributed by atoms with Crippen LogP contribution in [0.4, 0.5) is 0 Å². The lowest BCUT2D eigenvalue weighted by atomic mass is 9.52. The topological polar surface area (TPSA) is 75.7 Å². The fourth-order valence-electron chi connectivity index (χ4n) is 7.90. The van der Waals surface area contributed by atoms with E-state index in [0.29, 0.717) is 5.92 Å². The second-order valence-corrected chi connectivity index (χ2v) is 10.3. The molecule has 7 fully saturated rings. The zero-order valence-corrected chi connectivity index (χ0v) is 16.3. The second-order valence-electron chi connectivity index (χ2n) is 10.3. The van der Waals surface area contributed by atoms with Crippen molar-refractivity contribution in [2.45, 2.75) is 63.6 Å². The lowest BCUT2D eigenvalue weighted by Crippen LogP contribution is -2.49. The lowest BCUT2D eigenvalue weighted by molar-refractivity contribution is -0.142. The molecule has 28 heavy (non-hydrogen) atoms. The van der Waals surface area contributed by atoms with Crippen LogP contribution in [-0.4, -0.2) is 47.9 Å². The molecule has 7 rings (SSSR count). The Bertz CT molecular complexity index is 665. The molecule has 0 radical (unpaired) electrons. The number of amides is 3. The summed E-state index contributed by atoms with van der Waals surface area (Å²) in [7, 11) is 0. The van der Waals surface area contributed by atoms with E-state index >= 15 is 0 Å². The molecule has 4 unspecified atom stereocenters. The lowest BCUT2D eigenvalue weighted by Gasteiger charge is -2.54. The van der Waals surface area contributed by atoms with Gasteiger partial charge in [0.05, 0.1) is 24.0 Å². The molecule has 7 aliphatic rings. The third kappa shape index (κ3) is 2.52. The van der Waals surface area contributed by atoms with E-state index in [0.717, 1.165) is 43.1 Å². The fourth-order valence-corrected chi connectivity index (χ4v) is 7.90. The molecule has 3 aliphatic heterocycles. The predicted octanol–water partition coefficient (Wildman–Crippen LogP) is 1.73. The molecule has 6 bridgehead atoms. The molecule has 3 amide bonds. The SMILES string of the molecule is O=C(CCN1C(=O)C2C3CCC(O3)C2C1=O)NCC1C2CC3CC(C2)CC1C3. The van der Waals surface area contributed by atoms with Gasteiger partial charge in [0.2, 0.25) is 17.7 Å². The molecule has 6 nitrogen and oxygen atoms in total. The maximum atomic E-state index is 12.7. The molecule has 0 aromatic carbocycles. The maximum absolute atomic E-state index is 12.7. The van der Waals surface area contributed by atoms with E-state index in [-0.39, 0.29) is 54.7 Å². The fraction of sp³-hybridized carbons (Fsp3) is 0.864. The summed E-state index contributed by atoms with van der Waals surface area (Å²) in [5.41, 5.74) is 0. The van der Waals surface area contributed by atoms with Gasteiger partial charge < -0.3 is 10.1 Å². The highest BCUT2D eigenvalue weighted by molar-refractivity contribution is 6.06. The van der Waals surface area contributed by atoms with Gasteiger partial charge in [0.25, 0.3) is 0 Å². The van der Waals surface area contributed by atoms with Crippen molar-refractivity contribution in [2.24, 2.45) is 41.4 Å². The predicted molar refractivity (Wildman–Crippen MR) is 99.8 cm³/mol. The van der Waals surface area contributed by atoms with Gasteiger partial charge in [-0.2, -0.15) is 0 Å². The Morgan fingerprint density at radius 3 is 2.07 bits per heavy atom. The van der Waals surface area contributed by atoms with Crippen molar-refractivity contribution in [1.29, 1.82) is 0 Å². The number of hydrogen-bond donors (Lipinski definition) is 1. The smallest absolute Gasteiger partial charge is 0.235 e. The molecule has 0 aromatic heterocycles. The minimum atomic E-state index is -0.289. The number of nitrogens with zero attached hydrogens (tertiary/aromatic N) is 1. The van der Waals surface area contributed by atoms with Gasteiger partial charge in [-0.1, -0.05) is 0 Å². The molecular formula is C22H30N2O4. The number of imide groups is 1. The van der Waals surface area contributed by atoms with E-state index < -0.39 is 0 Å². The molecule has 6 heteroatoms. The van der Waals surface area contributed by atoms with Crippen molar-refractivity contribution in [3.63, 3.8) is 0 Å². The Kier molecular flexibility index (Phi) is 3.91. The minimum absolute atomic E-state index is 0.0225. The summed E-state index contributed by atoms with van der Waals surface area (Å²) in [6.07, 6.45) is 8.70. The van der Waals surface area contributed by atoms with Crippen LogP contribution in [0.25, 0.3) is 0 Å². The monoisotopic (exact) mass is 386 g/mol. The Hall–Kier alpha value is -1.43. The summed E-state index contributed by atoms with van der Waals surface area (Å²) in [5, 5.41) is 3.13. The Labute approximate surface area is 165 Å². The Balaban J connectivity index is 1.02. The van der Waals surface area contributed by atoms with Crippen molar-refractivity contribution in [1.82, 2.24) is 10.2 Å². The van der Waals surface area contributed by atoms with Gasteiger partial charge in [-0.15, -0.1) is 0 Å². The first-order chi connectivity index (χ1) is 13.6. The highest BCUT2D eigenvalue weighted by atomic mass is 16.5. The van der Waals surface area contributed by atoms with E-state index in [1.807, 2.05) is 0 Å². The summed E-state index contributed by atoms with van der Waals surface area (Å²) < 4.78 is 5.76. The second kappa shape index (κ2) is 6.28. The zero-order valence-electron chi connectivity index (χ0n) is 16.3. The Morgan fingerprint density at radius 1 is 0.929 bits per heavy atom. The van der Waals surface area contributed by atoms with Crippen molar-refractivity contribution >= 4 is 17.7 Å². The van der Waals surface area contributed by atoms with E-state index in [9.17, 15) is 14.4 Å². The van der Waals surface area contributed by atoms with Crippen LogP contribution in [0, 0.1) is 41.4 Å². The highest BCUT2D eigenvalue weighted by Crippen LogP contribution is 2.56. The minimum Gasteiger partial charge on any atom is -0.373 e. The maximum Gasteiger partial charge on any atom is 0.235 e. The van der Waals surface area contributed by atoms with Gasteiger partial charge in [-0.25, -0.2) is 0 Å². The molecule has 4 saturated carbocycles. The number of carbonyl (C=O) groups excluding carboxylic acids is 3. The molecule has 0 spiro atoms. The molecule has 0 aromatic rings. The number of ether oxygens (including phenoxy) is 1. The average Bonchev–Trinajstić information content (AvgIpc) is 3.33. The van der Waals surface area contributed by atoms with Gasteiger partial charge in [-0.3, -0.25) is 19.3 Å². The van der Waals surface area contributed by atoms with Crippen molar-refractivity contribution < 1.29 is 19.1 Å². The summed E-state index contributed by atoms with van der Waals surface area (Å²) in [6, 6.07) is 0. The molecule has 4 aliphatic carbocycles. The van der Waals surface area contributed by atoms with Crippen LogP contribution in [0.5, 0.6) is 0 Å². The molecule has 152 valence electrons. The first kappa shape index (κ1) is 17.4. The van der Waals surface area contributed by atoms with Gasteiger partial charge in [0.15, 0.2) is 0 Å². The van der Waals surface area contributed by atoms with Crippen molar-refractivity contribution in [3.05, 3.63) is 0 Å². The summed E-state index contributed by atoms with van der Waals surface area (Å²) in [4.78, 5) is 39.1. The number of likely N-dealkylation sites (tertiary alicyclic amines) is 1. The molecule has 1 N–H and O–H groups in total. The highest BCUT2D eigenvalue weighted by Gasteiger charge is 2.62. The normalized spacial score (nSPS) is 47.9. The summed E-state index contributed by atoms with van der Waals surface area (Å²) in [6.45, 7) is 0.996. The molecular weight excluding hydrogens is 356 g/mol. The molecule has 4 atom stereocenters. The number of nitrogens with one attached hydrogen (secondary N) is 1. The third-order valence-corrected chi connectivity index (χ3v) is 8.90. The van der Waals surface area contributed by atoms with Crippen LogP contribution < -0.4 is 5.32 Å². The van der Waals surface area contributed by atoms with E-state index in [1.165, 1.54) is 37.0 Å². The first-order valence-electron chi connectivity index (χ1n) is 11.4. The van der Waals surface area contributed by atoms with Crippen LogP contribution in [0.1, 0.15) is 51.4 Å². The van der Waals surface area contributed by atoms with Crippen LogP contribution in [-0.2, 0) is 19.1 Å². The number of fused-ring (bicyclic) bond motifs is 5. The average molecular weight is 386 g/mol. The van der Waals surface area contributed by atoms with E-state index in [1.54, 1.807) is 0 Å². The number of carbonyl (C=O) groups is 3. The summed E-state index contributed by atoms with van der Waals surface area (Å²) >= 11 is 0. The zero-order chi connectivity index (χ0) is 19.0. The largest absolute Gasteiger partial charge is 0.373 e. The van der Waals surface area contributed by atoms with Crippen molar-refractivity contribution in [2.75, 3.05) is 13.1 Å². The molecule has 3 saturated heterocycles. The molecule has 3 heterocycles. The number of rotatable bonds is 5. The quantitative estimate of drug-likeness (QED) is 0.730. The third-order valence-electron chi connectivity index (χ3n) is 8.90. The Morgan fingerprint density at radius 2 is 1.50 bits per heavy atom. The van der Waals surface area contributed by atoms with Gasteiger partial charge in [0, 0.05) is 19.5 Å². The van der Waals surface area contributed by atoms with Gasteiger partial charge in [-0.05, 0) is 74.5 Å². The van der Waals surface area contributed by atoms with Crippen LogP contribution in [0.3, 0.4) is 0 Å². The van der Waals surface area contributed by atoms with Crippen LogP contribution in [0.15, 0.2) is 0 Å². The van der Waals surface area contributed by atoms with Crippen LogP contribution >= 0.6 is 0 Å². The van der Waals surface area contributed by atoms with Gasteiger partial charge in [0.1, 0.15) is 0 Å². The first-order valence-corrected chi connectivity index (χ1v) is 11.4. The summed E-state index contributed by atoms with van der Waals surface area (Å²) in [5.74, 6) is 3.29. The van der Waals surface area contributed by atoms with Gasteiger partial charge >= 0.3 is 0 Å². The standard InChI is InChI=1S/C22H30N2O4/c25-18(23-10-15-13-6-11-5-12(8-13)9-14(15)7-11)3-4-24-21(26)19-16-1-2-17(28-16)20(19)22(24)27/h11-17,19-20H,1-10H2,(H,23,25). The number of hydrogen-bond acceptors (Lipinski definition) is 4. The van der Waals surface area contributed by atoms with Crippen molar-refractivity contribution in [3.8, 4) is 0 Å². The van der Waals surface area contributed by atoms with E-state index in [4.69, 9.17) is 4.74 Å². The van der Waals surface area contributed by atoms with Crippen LogP contribution in [0.2, 0.25) is 0 Å².